The van der Waals surface area contributed by atoms with Crippen LogP contribution in [0, 0.1) is 5.92 Å². The summed E-state index contributed by atoms with van der Waals surface area (Å²) in [4.78, 5) is 123. The second kappa shape index (κ2) is 21.6. The van der Waals surface area contributed by atoms with Crippen LogP contribution in [0.15, 0.2) is 72.8 Å². The Morgan fingerprint density at radius 3 is 1.39 bits per heavy atom. The molecule has 4 aromatic rings. The number of esters is 2. The quantitative estimate of drug-likeness (QED) is 0.0836. The lowest BCUT2D eigenvalue weighted by atomic mass is 9.82. The van der Waals surface area contributed by atoms with E-state index in [4.69, 9.17) is 23.2 Å². The van der Waals surface area contributed by atoms with Crippen molar-refractivity contribution in [3.63, 3.8) is 0 Å². The number of nitrogens with one attached hydrogen (secondary N) is 3. The zero-order chi connectivity index (χ0) is 46.8. The van der Waals surface area contributed by atoms with E-state index in [1.807, 2.05) is 0 Å². The Bertz CT molecular complexity index is 2430. The monoisotopic (exact) mass is 911 g/mol. The molecule has 0 saturated carbocycles. The molecule has 2 aliphatic carbocycles. The summed E-state index contributed by atoms with van der Waals surface area (Å²) in [5.74, 6) is -4.06. The van der Waals surface area contributed by atoms with Gasteiger partial charge in [0.05, 0.1) is 32.6 Å². The molecule has 17 heteroatoms. The number of ether oxygens (including phenoxy) is 2. The number of Topliss-reactive ketones (excluding diaryl/α,β-unsaturated/α-hetero) is 2. The van der Waals surface area contributed by atoms with Crippen molar-refractivity contribution in [3.05, 3.63) is 128 Å². The van der Waals surface area contributed by atoms with E-state index in [0.29, 0.717) is 28.9 Å². The largest absolute Gasteiger partial charge is 0.469 e. The number of hydrogen-bond donors (Lipinski definition) is 3. The maximum atomic E-state index is 13.2. The second-order valence-corrected chi connectivity index (χ2v) is 15.5. The molecule has 0 bridgehead atoms. The fourth-order valence-electron chi connectivity index (χ4n) is 6.95. The zero-order valence-electron chi connectivity index (χ0n) is 35.2. The van der Waals surface area contributed by atoms with E-state index >= 15 is 0 Å². The van der Waals surface area contributed by atoms with Crippen LogP contribution in [0.5, 0.6) is 0 Å². The van der Waals surface area contributed by atoms with E-state index < -0.39 is 29.8 Å². The molecule has 332 valence electrons. The zero-order valence-corrected chi connectivity index (χ0v) is 36.7. The van der Waals surface area contributed by atoms with Crippen LogP contribution in [0.3, 0.4) is 0 Å². The van der Waals surface area contributed by atoms with Crippen molar-refractivity contribution in [2.24, 2.45) is 5.92 Å². The summed E-state index contributed by atoms with van der Waals surface area (Å²) < 4.78 is 9.27. The highest BCUT2D eigenvalue weighted by Crippen LogP contribution is 2.32. The fourth-order valence-corrected chi connectivity index (χ4v) is 7.11. The van der Waals surface area contributed by atoms with Crippen LogP contribution in [0.2, 0.25) is 0 Å². The molecule has 0 unspecified atom stereocenters. The van der Waals surface area contributed by atoms with Gasteiger partial charge in [-0.05, 0) is 73.0 Å². The van der Waals surface area contributed by atoms with Crippen molar-refractivity contribution < 1.29 is 57.4 Å². The minimum Gasteiger partial charge on any atom is -0.469 e. The first-order valence-corrected chi connectivity index (χ1v) is 20.9. The molecule has 0 spiro atoms. The lowest BCUT2D eigenvalue weighted by Crippen LogP contribution is -2.38. The molecule has 6 rings (SSSR count). The van der Waals surface area contributed by atoms with Crippen LogP contribution < -0.4 is 16.0 Å². The molecule has 2 aliphatic rings. The minimum atomic E-state index is -0.638. The third kappa shape index (κ3) is 11.5. The van der Waals surface area contributed by atoms with Crippen molar-refractivity contribution in [1.29, 1.82) is 0 Å². The highest BCUT2D eigenvalue weighted by Gasteiger charge is 2.32. The van der Waals surface area contributed by atoms with Gasteiger partial charge in [0.2, 0.25) is 11.8 Å². The Kier molecular flexibility index (Phi) is 16.3. The van der Waals surface area contributed by atoms with E-state index in [0.717, 1.165) is 0 Å². The van der Waals surface area contributed by atoms with Crippen LogP contribution >= 0.6 is 23.2 Å². The van der Waals surface area contributed by atoms with Crippen LogP contribution in [0.1, 0.15) is 102 Å². The van der Waals surface area contributed by atoms with Gasteiger partial charge in [0, 0.05) is 75.1 Å². The first kappa shape index (κ1) is 48.4. The van der Waals surface area contributed by atoms with Gasteiger partial charge in [0.15, 0.2) is 34.7 Å². The molecule has 4 aromatic carbocycles. The Morgan fingerprint density at radius 1 is 0.531 bits per heavy atom. The molecule has 0 fully saturated rings. The number of alkyl halides is 2. The third-order valence-electron chi connectivity index (χ3n) is 10.4. The fraction of sp³-hybridized carbons (Fsp3) is 0.277. The van der Waals surface area contributed by atoms with E-state index in [1.54, 1.807) is 44.2 Å². The molecule has 0 aliphatic heterocycles. The number of carbonyl (C=O) groups is 10. The molecular weight excluding hydrogens is 869 g/mol. The number of halogens is 2. The van der Waals surface area contributed by atoms with Crippen LogP contribution in [-0.2, 0) is 51.1 Å². The summed E-state index contributed by atoms with van der Waals surface area (Å²) in [6.07, 6.45) is 0.512. The summed E-state index contributed by atoms with van der Waals surface area (Å²) in [5, 5.41) is 8.04. The number of methoxy groups -OCH3 is 2. The first-order chi connectivity index (χ1) is 30.5. The Balaban J connectivity index is 0.000000258. The van der Waals surface area contributed by atoms with Gasteiger partial charge in [-0.2, -0.15) is 0 Å². The Hall–Kier alpha value is -6.68. The maximum Gasteiger partial charge on any atom is 0.322 e. The van der Waals surface area contributed by atoms with Gasteiger partial charge in [-0.1, -0.05) is 31.2 Å². The number of fused-ring (bicyclic) bond motifs is 4. The number of ketones is 6. The Labute approximate surface area is 377 Å². The minimum absolute atomic E-state index is 0.0159. The third-order valence-corrected chi connectivity index (χ3v) is 10.9. The maximum absolute atomic E-state index is 13.2. The van der Waals surface area contributed by atoms with Gasteiger partial charge in [0.1, 0.15) is 11.9 Å². The molecule has 0 aromatic heterocycles. The summed E-state index contributed by atoms with van der Waals surface area (Å²) in [6.45, 7) is 3.20. The molecule has 64 heavy (non-hydrogen) atoms. The molecule has 2 amide bonds. The number of hydrogen-bond acceptors (Lipinski definition) is 13. The average molecular weight is 913 g/mol. The van der Waals surface area contributed by atoms with Gasteiger partial charge in [-0.15, -0.1) is 23.2 Å². The normalized spacial score (nSPS) is 13.1. The average Bonchev–Trinajstić information content (AvgIpc) is 3.30. The Morgan fingerprint density at radius 2 is 0.953 bits per heavy atom. The predicted octanol–water partition coefficient (Wildman–Crippen LogP) is 5.24. The first-order valence-electron chi connectivity index (χ1n) is 19.9. The highest BCUT2D eigenvalue weighted by atomic mass is 35.5. The number of anilines is 2. The summed E-state index contributed by atoms with van der Waals surface area (Å²) >= 11 is 11.0. The van der Waals surface area contributed by atoms with Gasteiger partial charge < -0.3 is 20.1 Å². The predicted molar refractivity (Wildman–Crippen MR) is 236 cm³/mol. The van der Waals surface area contributed by atoms with E-state index in [2.05, 4.69) is 25.4 Å². The lowest BCUT2D eigenvalue weighted by molar-refractivity contribution is -0.145. The van der Waals surface area contributed by atoms with Gasteiger partial charge in [-0.25, -0.2) is 0 Å². The van der Waals surface area contributed by atoms with Crippen LogP contribution in [-0.4, -0.2) is 97.0 Å². The van der Waals surface area contributed by atoms with Crippen LogP contribution in [0.4, 0.5) is 11.4 Å². The molecule has 0 radical (unpaired) electrons. The summed E-state index contributed by atoms with van der Waals surface area (Å²) in [7, 11) is 2.55. The smallest absolute Gasteiger partial charge is 0.322 e. The van der Waals surface area contributed by atoms with E-state index in [-0.39, 0.29) is 123 Å². The second-order valence-electron chi connectivity index (χ2n) is 15.0. The lowest BCUT2D eigenvalue weighted by Gasteiger charge is -2.19. The number of benzene rings is 4. The molecule has 2 atom stereocenters. The van der Waals surface area contributed by atoms with Gasteiger partial charge in [0.25, 0.3) is 0 Å². The van der Waals surface area contributed by atoms with E-state index in [1.165, 1.54) is 56.7 Å². The summed E-state index contributed by atoms with van der Waals surface area (Å²) in [5.41, 5.74) is 3.76. The molecule has 0 heterocycles. The number of rotatable bonds is 16. The molecule has 15 nitrogen and oxygen atoms in total. The molecular formula is C47H43Cl2N3O12. The molecule has 0 saturated heterocycles. The standard InChI is InChI=1S/C28H30N2O8.C19H13Cl2NO4/c1-15(27(35)37-3)5-10-24(32)30-18-7-9-21-23(13-18)26(34)20-8-6-17(12-22(20)25(21)33)11-19(31)14-29-16(2)28(36)38-4;20-8-12(23)5-10-1-3-13-15(6-10)18(25)14-4-2-11(22-17(24)9-21)7-16(14)19(13)26/h6-9,12-13,15-16,29H,5,10-11,14H2,1-4H3,(H,30,32);1-4,6-7H,5,8-9H2,(H,22,24)/t15-,16+;/m0./s1. The number of carbonyl (C=O) groups excluding carboxylic acids is 10. The van der Waals surface area contributed by atoms with Crippen molar-refractivity contribution in [2.75, 3.05) is 43.2 Å². The number of amides is 2. The topological polar surface area (TPSA) is 225 Å². The van der Waals surface area contributed by atoms with Crippen molar-refractivity contribution in [2.45, 2.75) is 45.6 Å². The molecule has 3 N–H and O–H groups in total. The summed E-state index contributed by atoms with van der Waals surface area (Å²) in [6, 6.07) is 17.8. The van der Waals surface area contributed by atoms with Gasteiger partial charge in [-0.3, -0.25) is 53.3 Å². The highest BCUT2D eigenvalue weighted by molar-refractivity contribution is 6.31. The van der Waals surface area contributed by atoms with Gasteiger partial charge >= 0.3 is 11.9 Å². The van der Waals surface area contributed by atoms with Crippen molar-refractivity contribution in [1.82, 2.24) is 5.32 Å². The van der Waals surface area contributed by atoms with Crippen molar-refractivity contribution in [3.8, 4) is 0 Å². The SMILES string of the molecule is COC(=O)[C@@H](C)CCC(=O)Nc1ccc2c(c1)C(=O)c1ccc(CC(=O)CN[C@H](C)C(=O)OC)cc1C2=O.O=C(CCl)Cc1ccc2c(c1)C(=O)c1ccc(NC(=O)CCl)cc1C2=O. The van der Waals surface area contributed by atoms with E-state index in [9.17, 15) is 47.9 Å². The van der Waals surface area contributed by atoms with Crippen LogP contribution in [0.25, 0.3) is 0 Å². The van der Waals surface area contributed by atoms with Crippen molar-refractivity contribution >= 4 is 93.0 Å².